The van der Waals surface area contributed by atoms with E-state index in [0.717, 1.165) is 16.1 Å². The van der Waals surface area contributed by atoms with Crippen molar-refractivity contribution >= 4 is 34.4 Å². The van der Waals surface area contributed by atoms with Gasteiger partial charge in [-0.2, -0.15) is 0 Å². The Kier molecular flexibility index (Phi) is 4.40. The van der Waals surface area contributed by atoms with Crippen LogP contribution in [0.25, 0.3) is 5.69 Å². The summed E-state index contributed by atoms with van der Waals surface area (Å²) >= 11 is 7.67. The molecule has 0 amide bonds. The molecule has 0 unspecified atom stereocenters. The number of hydrogen-bond donors (Lipinski definition) is 0. The van der Waals surface area contributed by atoms with Crippen molar-refractivity contribution in [1.82, 2.24) is 3.96 Å². The van der Waals surface area contributed by atoms with Crippen molar-refractivity contribution in [1.29, 1.82) is 0 Å². The second-order valence-corrected chi connectivity index (χ2v) is 8.82. The normalized spacial score (nSPS) is 14.6. The Balaban J connectivity index is 1.92. The minimum Gasteiger partial charge on any atom is -0.494 e. The van der Waals surface area contributed by atoms with Crippen LogP contribution in [0.5, 0.6) is 5.75 Å². The Bertz CT molecular complexity index is 1060. The van der Waals surface area contributed by atoms with Crippen LogP contribution in [0.4, 0.5) is 10.7 Å². The molecule has 0 N–H and O–H groups in total. The summed E-state index contributed by atoms with van der Waals surface area (Å²) in [6.07, 6.45) is 0. The topological polar surface area (TPSA) is 17.4 Å². The highest BCUT2D eigenvalue weighted by molar-refractivity contribution is 7.71. The Hall–Kier alpha value is -2.11. The van der Waals surface area contributed by atoms with E-state index >= 15 is 0 Å². The van der Waals surface area contributed by atoms with Crippen molar-refractivity contribution in [3.8, 4) is 11.4 Å². The first kappa shape index (κ1) is 18.3. The molecule has 0 radical (unpaired) electrons. The first-order chi connectivity index (χ1) is 12.8. The molecule has 3 aromatic rings. The first-order valence-electron chi connectivity index (χ1n) is 9.19. The van der Waals surface area contributed by atoms with Gasteiger partial charge in [0.15, 0.2) is 0 Å². The summed E-state index contributed by atoms with van der Waals surface area (Å²) in [7, 11) is 2.12. The maximum atomic E-state index is 5.96. The second kappa shape index (κ2) is 6.50. The molecule has 2 heterocycles. The van der Waals surface area contributed by atoms with E-state index in [1.165, 1.54) is 27.4 Å². The van der Waals surface area contributed by atoms with Gasteiger partial charge < -0.3 is 9.64 Å². The van der Waals surface area contributed by atoms with Crippen molar-refractivity contribution < 1.29 is 4.74 Å². The van der Waals surface area contributed by atoms with Gasteiger partial charge in [-0.1, -0.05) is 43.8 Å². The van der Waals surface area contributed by atoms with Gasteiger partial charge in [0, 0.05) is 23.7 Å². The van der Waals surface area contributed by atoms with Gasteiger partial charge in [0.2, 0.25) is 0 Å². The summed E-state index contributed by atoms with van der Waals surface area (Å²) in [5.74, 6) is 0.911. The molecule has 1 aliphatic heterocycles. The van der Waals surface area contributed by atoms with Gasteiger partial charge in [0.25, 0.3) is 0 Å². The molecule has 4 rings (SSSR count). The average Bonchev–Trinajstić information content (AvgIpc) is 2.99. The molecule has 0 atom stereocenters. The Morgan fingerprint density at radius 2 is 1.81 bits per heavy atom. The number of fused-ring (bicyclic) bond motifs is 2. The van der Waals surface area contributed by atoms with Gasteiger partial charge in [-0.3, -0.25) is 3.96 Å². The van der Waals surface area contributed by atoms with Crippen molar-refractivity contribution in [2.24, 2.45) is 0 Å². The molecule has 1 aromatic heterocycles. The molecule has 0 saturated heterocycles. The van der Waals surface area contributed by atoms with Crippen LogP contribution in [0.2, 0.25) is 0 Å². The Labute approximate surface area is 170 Å². The van der Waals surface area contributed by atoms with E-state index in [1.807, 2.05) is 6.92 Å². The number of aromatic nitrogens is 1. The lowest BCUT2D eigenvalue weighted by molar-refractivity contribution is 0.339. The molecule has 5 heteroatoms. The summed E-state index contributed by atoms with van der Waals surface area (Å²) in [6, 6.07) is 14.9. The smallest absolute Gasteiger partial charge is 0.127 e. The molecule has 1 aliphatic rings. The average molecular weight is 397 g/mol. The molecular weight excluding hydrogens is 372 g/mol. The van der Waals surface area contributed by atoms with Crippen molar-refractivity contribution in [2.75, 3.05) is 18.6 Å². The summed E-state index contributed by atoms with van der Waals surface area (Å²) in [5.41, 5.74) is 5.86. The maximum Gasteiger partial charge on any atom is 0.127 e. The molecule has 140 valence electrons. The summed E-state index contributed by atoms with van der Waals surface area (Å²) in [4.78, 5) is 2.26. The van der Waals surface area contributed by atoms with Crippen LogP contribution in [-0.4, -0.2) is 17.6 Å². The van der Waals surface area contributed by atoms with Crippen molar-refractivity contribution in [3.05, 3.63) is 63.8 Å². The molecule has 0 fully saturated rings. The number of hydrogen-bond acceptors (Lipinski definition) is 4. The highest BCUT2D eigenvalue weighted by Crippen LogP contribution is 2.52. The minimum absolute atomic E-state index is 0.187. The number of nitrogens with zero attached hydrogens (tertiary/aromatic N) is 2. The zero-order chi connectivity index (χ0) is 19.3. The van der Waals surface area contributed by atoms with Crippen LogP contribution in [0, 0.1) is 11.6 Å². The quantitative estimate of drug-likeness (QED) is 0.478. The molecule has 0 saturated carbocycles. The monoisotopic (exact) mass is 396 g/mol. The van der Waals surface area contributed by atoms with E-state index < -0.39 is 0 Å². The molecule has 0 bridgehead atoms. The Morgan fingerprint density at radius 3 is 2.48 bits per heavy atom. The standard InChI is InChI=1S/C22H24N2OS2/c1-6-25-16-11-12-18-17(13-16)22(3,4)19-20(26)24(27-21(19)23(18)5)15-9-7-14(2)8-10-15/h7-13H,6H2,1-5H3. The van der Waals surface area contributed by atoms with E-state index in [-0.39, 0.29) is 5.41 Å². The number of benzene rings is 2. The zero-order valence-electron chi connectivity index (χ0n) is 16.4. The summed E-state index contributed by atoms with van der Waals surface area (Å²) in [6.45, 7) is 9.30. The largest absolute Gasteiger partial charge is 0.494 e. The number of aryl methyl sites for hydroxylation is 1. The van der Waals surface area contributed by atoms with Crippen molar-refractivity contribution in [3.63, 3.8) is 0 Å². The van der Waals surface area contributed by atoms with Crippen LogP contribution in [0.3, 0.4) is 0 Å². The molecule has 0 aliphatic carbocycles. The fourth-order valence-corrected chi connectivity index (χ4v) is 5.66. The van der Waals surface area contributed by atoms with E-state index in [9.17, 15) is 0 Å². The van der Waals surface area contributed by atoms with E-state index in [2.05, 4.69) is 79.1 Å². The van der Waals surface area contributed by atoms with Crippen molar-refractivity contribution in [2.45, 2.75) is 33.1 Å². The van der Waals surface area contributed by atoms with Gasteiger partial charge in [0.05, 0.1) is 12.3 Å². The van der Waals surface area contributed by atoms with Gasteiger partial charge in [-0.05, 0) is 61.3 Å². The highest BCUT2D eigenvalue weighted by atomic mass is 32.1. The third-order valence-corrected chi connectivity index (χ3v) is 7.03. The third kappa shape index (κ3) is 2.80. The SMILES string of the molecule is CCOc1ccc2c(c1)C(C)(C)c1c(sn(-c3ccc(C)cc3)c1=S)N2C. The fraction of sp³-hybridized carbons (Fsp3) is 0.318. The predicted octanol–water partition coefficient (Wildman–Crippen LogP) is 6.38. The van der Waals surface area contributed by atoms with Crippen LogP contribution in [0.1, 0.15) is 37.5 Å². The summed E-state index contributed by atoms with van der Waals surface area (Å²) < 4.78 is 8.82. The van der Waals surface area contributed by atoms with E-state index in [0.29, 0.717) is 6.61 Å². The van der Waals surface area contributed by atoms with Gasteiger partial charge in [-0.25, -0.2) is 0 Å². The summed E-state index contributed by atoms with van der Waals surface area (Å²) in [5, 5.41) is 1.21. The lowest BCUT2D eigenvalue weighted by Crippen LogP contribution is -2.29. The van der Waals surface area contributed by atoms with Gasteiger partial charge >= 0.3 is 0 Å². The molecule has 2 aromatic carbocycles. The van der Waals surface area contributed by atoms with Gasteiger partial charge in [0.1, 0.15) is 15.4 Å². The predicted molar refractivity (Wildman–Crippen MR) is 117 cm³/mol. The zero-order valence-corrected chi connectivity index (χ0v) is 18.0. The third-order valence-electron chi connectivity index (χ3n) is 5.30. The van der Waals surface area contributed by atoms with E-state index in [1.54, 1.807) is 11.5 Å². The molecule has 0 spiro atoms. The Morgan fingerprint density at radius 1 is 1.11 bits per heavy atom. The van der Waals surface area contributed by atoms with Crippen LogP contribution in [0.15, 0.2) is 42.5 Å². The van der Waals surface area contributed by atoms with Crippen LogP contribution < -0.4 is 9.64 Å². The van der Waals surface area contributed by atoms with Crippen LogP contribution in [-0.2, 0) is 5.41 Å². The number of ether oxygens (including phenoxy) is 1. The number of rotatable bonds is 3. The fourth-order valence-electron chi connectivity index (χ4n) is 3.79. The first-order valence-corrected chi connectivity index (χ1v) is 10.4. The van der Waals surface area contributed by atoms with Crippen LogP contribution >= 0.6 is 23.8 Å². The van der Waals surface area contributed by atoms with Gasteiger partial charge in [-0.15, -0.1) is 0 Å². The highest BCUT2D eigenvalue weighted by Gasteiger charge is 2.39. The lowest BCUT2D eigenvalue weighted by atomic mass is 9.76. The minimum atomic E-state index is -0.187. The number of anilines is 2. The molecule has 3 nitrogen and oxygen atoms in total. The van der Waals surface area contributed by atoms with E-state index in [4.69, 9.17) is 17.0 Å². The maximum absolute atomic E-state index is 5.96. The second-order valence-electron chi connectivity index (χ2n) is 7.50. The lowest BCUT2D eigenvalue weighted by Gasteiger charge is -2.37. The molecular formula is C22H24N2OS2. The molecule has 27 heavy (non-hydrogen) atoms.